The van der Waals surface area contributed by atoms with Gasteiger partial charge in [0, 0.05) is 28.9 Å². The van der Waals surface area contributed by atoms with Crippen LogP contribution in [0.25, 0.3) is 0 Å². The van der Waals surface area contributed by atoms with Crippen molar-refractivity contribution in [1.29, 1.82) is 0 Å². The Balaban J connectivity index is 5.19. The molecule has 0 spiro atoms. The van der Waals surface area contributed by atoms with Gasteiger partial charge in [-0.2, -0.15) is 0 Å². The zero-order valence-electron chi connectivity index (χ0n) is 10.7. The summed E-state index contributed by atoms with van der Waals surface area (Å²) in [4.78, 5) is 0. The summed E-state index contributed by atoms with van der Waals surface area (Å²) in [5, 5.41) is 0. The molecule has 0 aliphatic carbocycles. The van der Waals surface area contributed by atoms with E-state index in [-0.39, 0.29) is 0 Å². The lowest BCUT2D eigenvalue weighted by Crippen LogP contribution is -2.74. The molecule has 0 amide bonds. The third kappa shape index (κ3) is 2.20. The molecule has 0 N–H and O–H groups in total. The molecule has 0 bridgehead atoms. The molecule has 0 aromatic carbocycles. The number of hydrogen-bond donors (Lipinski definition) is 0. The molecular formula is C8H24O3Si3. The first kappa shape index (κ1) is 14.5. The van der Waals surface area contributed by atoms with Crippen LogP contribution < -0.4 is 0 Å². The lowest BCUT2D eigenvalue weighted by Gasteiger charge is -2.44. The summed E-state index contributed by atoms with van der Waals surface area (Å²) >= 11 is 0. The van der Waals surface area contributed by atoms with Crippen LogP contribution in [0.4, 0.5) is 0 Å². The maximum absolute atomic E-state index is 5.62. The monoisotopic (exact) mass is 252 g/mol. The van der Waals surface area contributed by atoms with Gasteiger partial charge >= 0.3 is 8.32 Å². The molecule has 0 aromatic heterocycles. The van der Waals surface area contributed by atoms with Gasteiger partial charge in [0.15, 0.2) is 0 Å². The Bertz CT molecular complexity index is 176. The third-order valence-electron chi connectivity index (χ3n) is 3.45. The van der Waals surface area contributed by atoms with Crippen molar-refractivity contribution < 1.29 is 13.3 Å². The molecule has 0 radical (unpaired) electrons. The van der Waals surface area contributed by atoms with Crippen molar-refractivity contribution in [2.24, 2.45) is 0 Å². The van der Waals surface area contributed by atoms with Gasteiger partial charge in [0.2, 0.25) is 0 Å². The molecule has 6 heteroatoms. The van der Waals surface area contributed by atoms with Crippen molar-refractivity contribution in [2.45, 2.75) is 32.7 Å². The van der Waals surface area contributed by atoms with E-state index in [1.807, 2.05) is 0 Å². The van der Waals surface area contributed by atoms with Crippen molar-refractivity contribution in [3.05, 3.63) is 0 Å². The summed E-state index contributed by atoms with van der Waals surface area (Å²) in [6, 6.07) is 0. The van der Waals surface area contributed by atoms with Crippen molar-refractivity contribution in [3.63, 3.8) is 0 Å². The Hall–Kier alpha value is 0.531. The van der Waals surface area contributed by atoms with Crippen LogP contribution >= 0.6 is 0 Å². The molecule has 0 saturated heterocycles. The molecule has 0 atom stereocenters. The molecule has 0 aliphatic heterocycles. The first-order chi connectivity index (χ1) is 6.18. The zero-order valence-corrected chi connectivity index (χ0v) is 13.7. The van der Waals surface area contributed by atoms with E-state index < -0.39 is 23.0 Å². The first-order valence-electron chi connectivity index (χ1n) is 4.84. The standard InChI is InChI=1S/C8H24O3Si3/c1-9-14(10-2,11-3)13(7,8)12(4,5)6/h1-8H3. The molecule has 0 saturated carbocycles. The summed E-state index contributed by atoms with van der Waals surface area (Å²) in [5.41, 5.74) is 0. The smallest absolute Gasteiger partial charge is 0.380 e. The van der Waals surface area contributed by atoms with Crippen LogP contribution in [0.15, 0.2) is 0 Å². The van der Waals surface area contributed by atoms with Gasteiger partial charge in [-0.3, -0.25) is 0 Å². The lowest BCUT2D eigenvalue weighted by atomic mass is 11.8. The summed E-state index contributed by atoms with van der Waals surface area (Å²) in [7, 11) is -0.0617. The van der Waals surface area contributed by atoms with Gasteiger partial charge in [-0.15, -0.1) is 0 Å². The summed E-state index contributed by atoms with van der Waals surface area (Å²) in [6.45, 7) is 11.8. The molecule has 0 aromatic rings. The highest BCUT2D eigenvalue weighted by Gasteiger charge is 2.61. The summed E-state index contributed by atoms with van der Waals surface area (Å²) in [6.07, 6.45) is 0. The predicted molar refractivity (Wildman–Crippen MR) is 67.6 cm³/mol. The van der Waals surface area contributed by atoms with Crippen LogP contribution in [0.1, 0.15) is 0 Å². The Morgan fingerprint density at radius 2 is 0.929 bits per heavy atom. The van der Waals surface area contributed by atoms with Crippen molar-refractivity contribution in [3.8, 4) is 0 Å². The van der Waals surface area contributed by atoms with E-state index in [2.05, 4.69) is 32.7 Å². The fourth-order valence-corrected chi connectivity index (χ4v) is 22.8. The number of hydrogen-bond acceptors (Lipinski definition) is 3. The maximum atomic E-state index is 5.62. The summed E-state index contributed by atoms with van der Waals surface area (Å²) < 4.78 is 16.9. The Kier molecular flexibility index (Phi) is 4.76. The Morgan fingerprint density at radius 1 is 0.643 bits per heavy atom. The first-order valence-corrected chi connectivity index (χ1v) is 15.1. The fraction of sp³-hybridized carbons (Fsp3) is 1.00. The van der Waals surface area contributed by atoms with Crippen LogP contribution in [0.5, 0.6) is 0 Å². The van der Waals surface area contributed by atoms with E-state index in [0.717, 1.165) is 0 Å². The summed E-state index contributed by atoms with van der Waals surface area (Å²) in [5.74, 6) is 0. The second-order valence-corrected chi connectivity index (χ2v) is 30.5. The van der Waals surface area contributed by atoms with Crippen LogP contribution in [0, 0.1) is 0 Å². The third-order valence-corrected chi connectivity index (χ3v) is 37.5. The van der Waals surface area contributed by atoms with Gasteiger partial charge in [-0.25, -0.2) is 0 Å². The number of rotatable bonds is 5. The Morgan fingerprint density at radius 3 is 1.00 bits per heavy atom. The highest BCUT2D eigenvalue weighted by Crippen LogP contribution is 2.29. The minimum atomic E-state index is -2.38. The van der Waals surface area contributed by atoms with Crippen LogP contribution in [-0.4, -0.2) is 44.4 Å². The average molecular weight is 253 g/mol. The molecule has 3 nitrogen and oxygen atoms in total. The fourth-order valence-electron chi connectivity index (χ4n) is 1.47. The van der Waals surface area contributed by atoms with E-state index in [1.54, 1.807) is 21.3 Å². The molecule has 14 heavy (non-hydrogen) atoms. The van der Waals surface area contributed by atoms with Crippen LogP contribution in [0.2, 0.25) is 32.7 Å². The van der Waals surface area contributed by atoms with Gasteiger partial charge in [-0.05, 0) is 0 Å². The van der Waals surface area contributed by atoms with Crippen LogP contribution in [0.3, 0.4) is 0 Å². The van der Waals surface area contributed by atoms with Gasteiger partial charge < -0.3 is 13.3 Å². The van der Waals surface area contributed by atoms with E-state index in [0.29, 0.717) is 0 Å². The maximum Gasteiger partial charge on any atom is 0.466 e. The molecule has 0 unspecified atom stereocenters. The van der Waals surface area contributed by atoms with E-state index >= 15 is 0 Å². The lowest BCUT2D eigenvalue weighted by molar-refractivity contribution is 0.146. The second kappa shape index (κ2) is 4.58. The highest BCUT2D eigenvalue weighted by molar-refractivity contribution is 7.65. The minimum Gasteiger partial charge on any atom is -0.380 e. The highest BCUT2D eigenvalue weighted by atomic mass is 29.7. The van der Waals surface area contributed by atoms with Crippen molar-refractivity contribution >= 4 is 23.0 Å². The molecule has 0 fully saturated rings. The molecule has 0 heterocycles. The Labute approximate surface area is 90.7 Å². The van der Waals surface area contributed by atoms with Crippen LogP contribution in [-0.2, 0) is 13.3 Å². The SMILES string of the molecule is CO[Si](OC)(OC)[Si](C)(C)[Si](C)(C)C. The average Bonchev–Trinajstić information content (AvgIpc) is 2.06. The topological polar surface area (TPSA) is 27.7 Å². The normalized spacial score (nSPS) is 14.6. The quantitative estimate of drug-likeness (QED) is 0.701. The molecule has 0 aliphatic rings. The predicted octanol–water partition coefficient (Wildman–Crippen LogP) is 2.07. The van der Waals surface area contributed by atoms with Gasteiger partial charge in [0.05, 0.1) is 0 Å². The van der Waals surface area contributed by atoms with Gasteiger partial charge in [-0.1, -0.05) is 32.7 Å². The van der Waals surface area contributed by atoms with Gasteiger partial charge in [0.1, 0.15) is 7.11 Å². The molecular weight excluding hydrogens is 228 g/mol. The van der Waals surface area contributed by atoms with Crippen molar-refractivity contribution in [2.75, 3.05) is 21.3 Å². The van der Waals surface area contributed by atoms with E-state index in [1.165, 1.54) is 0 Å². The van der Waals surface area contributed by atoms with E-state index in [9.17, 15) is 0 Å². The largest absolute Gasteiger partial charge is 0.466 e. The minimum absolute atomic E-state index is 1.26. The molecule has 86 valence electrons. The zero-order chi connectivity index (χ0) is 11.6. The van der Waals surface area contributed by atoms with Crippen molar-refractivity contribution in [1.82, 2.24) is 0 Å². The van der Waals surface area contributed by atoms with E-state index in [4.69, 9.17) is 13.3 Å². The molecule has 0 rings (SSSR count). The second-order valence-electron chi connectivity index (χ2n) is 5.04. The van der Waals surface area contributed by atoms with Gasteiger partial charge in [0.25, 0.3) is 0 Å².